The van der Waals surface area contributed by atoms with Crippen molar-refractivity contribution in [3.05, 3.63) is 35.4 Å². The molecule has 2 rings (SSSR count). The van der Waals surface area contributed by atoms with Crippen LogP contribution in [0, 0.1) is 5.92 Å². The van der Waals surface area contributed by atoms with Gasteiger partial charge in [-0.15, -0.1) is 0 Å². The van der Waals surface area contributed by atoms with E-state index in [0.29, 0.717) is 6.54 Å². The van der Waals surface area contributed by atoms with E-state index in [2.05, 4.69) is 10.6 Å². The van der Waals surface area contributed by atoms with Crippen LogP contribution < -0.4 is 10.6 Å². The summed E-state index contributed by atoms with van der Waals surface area (Å²) < 4.78 is 0. The van der Waals surface area contributed by atoms with Crippen LogP contribution in [-0.2, 0) is 17.9 Å². The first-order valence-corrected chi connectivity index (χ1v) is 6.46. The normalized spacial score (nSPS) is 19.5. The first-order chi connectivity index (χ1) is 8.79. The van der Waals surface area contributed by atoms with Gasteiger partial charge in [0.05, 0.1) is 12.5 Å². The van der Waals surface area contributed by atoms with Gasteiger partial charge in [-0.1, -0.05) is 24.3 Å². The zero-order valence-electron chi connectivity index (χ0n) is 10.5. The Morgan fingerprint density at radius 3 is 2.67 bits per heavy atom. The Kier molecular flexibility index (Phi) is 4.73. The highest BCUT2D eigenvalue weighted by Gasteiger charge is 2.20. The zero-order chi connectivity index (χ0) is 12.8. The minimum absolute atomic E-state index is 0.0559. The van der Waals surface area contributed by atoms with E-state index in [-0.39, 0.29) is 18.4 Å². The average molecular weight is 248 g/mol. The molecule has 1 heterocycles. The van der Waals surface area contributed by atoms with Gasteiger partial charge < -0.3 is 15.7 Å². The standard InChI is InChI=1S/C14H20N2O2/c17-10-12-5-3-11(4-6-12)8-16-14(18)13-2-1-7-15-9-13/h3-6,13,15,17H,1-2,7-10H2,(H,16,18). The van der Waals surface area contributed by atoms with Crippen LogP contribution in [0.2, 0.25) is 0 Å². The van der Waals surface area contributed by atoms with Crippen molar-refractivity contribution >= 4 is 5.91 Å². The number of amides is 1. The summed E-state index contributed by atoms with van der Waals surface area (Å²) in [5, 5.41) is 15.1. The first-order valence-electron chi connectivity index (χ1n) is 6.46. The summed E-state index contributed by atoms with van der Waals surface area (Å²) >= 11 is 0. The second-order valence-corrected chi connectivity index (χ2v) is 4.74. The number of carbonyl (C=O) groups excluding carboxylic acids is 1. The molecule has 0 radical (unpaired) electrons. The number of aliphatic hydroxyl groups excluding tert-OH is 1. The maximum absolute atomic E-state index is 11.9. The summed E-state index contributed by atoms with van der Waals surface area (Å²) in [5.74, 6) is 0.240. The largest absolute Gasteiger partial charge is 0.392 e. The number of piperidine rings is 1. The molecule has 0 aliphatic carbocycles. The van der Waals surface area contributed by atoms with Gasteiger partial charge in [-0.05, 0) is 30.5 Å². The Morgan fingerprint density at radius 1 is 1.33 bits per heavy atom. The molecule has 0 aromatic heterocycles. The molecule has 1 unspecified atom stereocenters. The molecule has 1 fully saturated rings. The monoisotopic (exact) mass is 248 g/mol. The average Bonchev–Trinajstić information content (AvgIpc) is 2.46. The summed E-state index contributed by atoms with van der Waals surface area (Å²) in [7, 11) is 0. The van der Waals surface area contributed by atoms with E-state index in [9.17, 15) is 4.79 Å². The molecule has 1 aliphatic rings. The minimum atomic E-state index is 0.0559. The lowest BCUT2D eigenvalue weighted by atomic mass is 9.99. The van der Waals surface area contributed by atoms with Crippen LogP contribution in [0.25, 0.3) is 0 Å². The van der Waals surface area contributed by atoms with Crippen LogP contribution in [0.3, 0.4) is 0 Å². The number of rotatable bonds is 4. The zero-order valence-corrected chi connectivity index (χ0v) is 10.5. The van der Waals surface area contributed by atoms with Crippen LogP contribution >= 0.6 is 0 Å². The summed E-state index contributed by atoms with van der Waals surface area (Å²) in [5.41, 5.74) is 1.95. The Balaban J connectivity index is 1.80. The SMILES string of the molecule is O=C(NCc1ccc(CO)cc1)C1CCCNC1. The van der Waals surface area contributed by atoms with Crippen molar-refractivity contribution in [2.75, 3.05) is 13.1 Å². The maximum Gasteiger partial charge on any atom is 0.224 e. The van der Waals surface area contributed by atoms with Gasteiger partial charge in [0.1, 0.15) is 0 Å². The van der Waals surface area contributed by atoms with Gasteiger partial charge in [0, 0.05) is 13.1 Å². The molecule has 1 saturated heterocycles. The highest BCUT2D eigenvalue weighted by Crippen LogP contribution is 2.10. The van der Waals surface area contributed by atoms with Gasteiger partial charge >= 0.3 is 0 Å². The molecule has 98 valence electrons. The number of hydrogen-bond acceptors (Lipinski definition) is 3. The van der Waals surface area contributed by atoms with Crippen LogP contribution in [0.15, 0.2) is 24.3 Å². The molecule has 4 nitrogen and oxygen atoms in total. The van der Waals surface area contributed by atoms with Gasteiger partial charge in [0.2, 0.25) is 5.91 Å². The van der Waals surface area contributed by atoms with Crippen LogP contribution in [0.4, 0.5) is 0 Å². The predicted molar refractivity (Wildman–Crippen MR) is 69.8 cm³/mol. The van der Waals surface area contributed by atoms with E-state index in [1.165, 1.54) is 0 Å². The molecule has 3 N–H and O–H groups in total. The minimum Gasteiger partial charge on any atom is -0.392 e. The van der Waals surface area contributed by atoms with Crippen molar-refractivity contribution in [2.45, 2.75) is 26.0 Å². The molecule has 0 bridgehead atoms. The van der Waals surface area contributed by atoms with E-state index in [0.717, 1.165) is 37.1 Å². The smallest absolute Gasteiger partial charge is 0.224 e. The lowest BCUT2D eigenvalue weighted by Crippen LogP contribution is -2.40. The lowest BCUT2D eigenvalue weighted by molar-refractivity contribution is -0.125. The fraction of sp³-hybridized carbons (Fsp3) is 0.500. The predicted octanol–water partition coefficient (Wildman–Crippen LogP) is 0.795. The third-order valence-electron chi connectivity index (χ3n) is 3.34. The third kappa shape index (κ3) is 3.55. The summed E-state index contributed by atoms with van der Waals surface area (Å²) in [4.78, 5) is 11.9. The third-order valence-corrected chi connectivity index (χ3v) is 3.34. The molecule has 1 amide bonds. The van der Waals surface area contributed by atoms with Gasteiger partial charge in [-0.2, -0.15) is 0 Å². The number of benzene rings is 1. The Morgan fingerprint density at radius 2 is 2.06 bits per heavy atom. The summed E-state index contributed by atoms with van der Waals surface area (Å²) in [6, 6.07) is 7.63. The Hall–Kier alpha value is -1.39. The van der Waals surface area contributed by atoms with Crippen molar-refractivity contribution in [2.24, 2.45) is 5.92 Å². The highest BCUT2D eigenvalue weighted by molar-refractivity contribution is 5.78. The molecule has 0 spiro atoms. The van der Waals surface area contributed by atoms with E-state index >= 15 is 0 Å². The van der Waals surface area contributed by atoms with Crippen molar-refractivity contribution in [3.63, 3.8) is 0 Å². The van der Waals surface area contributed by atoms with Crippen molar-refractivity contribution in [1.82, 2.24) is 10.6 Å². The second-order valence-electron chi connectivity index (χ2n) is 4.74. The Labute approximate surface area is 107 Å². The molecule has 1 aromatic rings. The number of carbonyl (C=O) groups is 1. The summed E-state index contributed by atoms with van der Waals surface area (Å²) in [6.07, 6.45) is 2.05. The first kappa shape index (κ1) is 13.1. The van der Waals surface area contributed by atoms with Gasteiger partial charge in [0.15, 0.2) is 0 Å². The summed E-state index contributed by atoms with van der Waals surface area (Å²) in [6.45, 7) is 2.42. The van der Waals surface area contributed by atoms with Crippen LogP contribution in [-0.4, -0.2) is 24.1 Å². The van der Waals surface area contributed by atoms with E-state index in [1.54, 1.807) is 0 Å². The number of hydrogen-bond donors (Lipinski definition) is 3. The topological polar surface area (TPSA) is 61.4 Å². The van der Waals surface area contributed by atoms with E-state index in [1.807, 2.05) is 24.3 Å². The molecule has 1 aromatic carbocycles. The fourth-order valence-corrected chi connectivity index (χ4v) is 2.17. The van der Waals surface area contributed by atoms with E-state index in [4.69, 9.17) is 5.11 Å². The second kappa shape index (κ2) is 6.52. The van der Waals surface area contributed by atoms with Crippen LogP contribution in [0.1, 0.15) is 24.0 Å². The maximum atomic E-state index is 11.9. The quantitative estimate of drug-likeness (QED) is 0.738. The lowest BCUT2D eigenvalue weighted by Gasteiger charge is -2.21. The molecule has 18 heavy (non-hydrogen) atoms. The molecule has 0 saturated carbocycles. The van der Waals surface area contributed by atoms with Crippen molar-refractivity contribution < 1.29 is 9.90 Å². The van der Waals surface area contributed by atoms with Crippen molar-refractivity contribution in [1.29, 1.82) is 0 Å². The van der Waals surface area contributed by atoms with E-state index < -0.39 is 0 Å². The molecular weight excluding hydrogens is 228 g/mol. The number of aliphatic hydroxyl groups is 1. The number of nitrogens with one attached hydrogen (secondary N) is 2. The van der Waals surface area contributed by atoms with Gasteiger partial charge in [0.25, 0.3) is 0 Å². The van der Waals surface area contributed by atoms with Gasteiger partial charge in [-0.25, -0.2) is 0 Å². The molecular formula is C14H20N2O2. The molecule has 4 heteroatoms. The van der Waals surface area contributed by atoms with Crippen LogP contribution in [0.5, 0.6) is 0 Å². The fourth-order valence-electron chi connectivity index (χ4n) is 2.17. The van der Waals surface area contributed by atoms with Gasteiger partial charge in [-0.3, -0.25) is 4.79 Å². The van der Waals surface area contributed by atoms with Crippen molar-refractivity contribution in [3.8, 4) is 0 Å². The Bertz CT molecular complexity index is 383. The highest BCUT2D eigenvalue weighted by atomic mass is 16.3. The molecule has 1 atom stereocenters. The molecule has 1 aliphatic heterocycles.